The van der Waals surface area contributed by atoms with Crippen molar-refractivity contribution >= 4 is 17.3 Å². The minimum absolute atomic E-state index is 0.0899. The lowest BCUT2D eigenvalue weighted by Crippen LogP contribution is -2.29. The van der Waals surface area contributed by atoms with Crippen molar-refractivity contribution in [2.75, 3.05) is 25.1 Å². The fourth-order valence-corrected chi connectivity index (χ4v) is 1.96. The molecule has 0 aliphatic heterocycles. The normalized spacial score (nSPS) is 10.2. The summed E-state index contributed by atoms with van der Waals surface area (Å²) in [6.07, 6.45) is 4.29. The van der Waals surface area contributed by atoms with Crippen LogP contribution in [-0.2, 0) is 6.42 Å². The van der Waals surface area contributed by atoms with Gasteiger partial charge in [-0.15, -0.1) is 0 Å². The summed E-state index contributed by atoms with van der Waals surface area (Å²) in [4.78, 5) is 18.0. The molecule has 0 atom stereocenters. The van der Waals surface area contributed by atoms with Crippen molar-refractivity contribution in [1.82, 2.24) is 9.88 Å². The molecule has 1 aromatic heterocycles. The number of nitrogens with two attached hydrogens (primary N) is 2. The van der Waals surface area contributed by atoms with E-state index in [2.05, 4.69) is 4.98 Å². The predicted octanol–water partition coefficient (Wildman–Crippen LogP) is 1.56. The second-order valence-electron chi connectivity index (χ2n) is 4.73. The fraction of sp³-hybridized carbons (Fsp3) is 0.200. The first-order chi connectivity index (χ1) is 9.56. The van der Waals surface area contributed by atoms with Gasteiger partial charge in [0.2, 0.25) is 0 Å². The Kier molecular flexibility index (Phi) is 4.20. The van der Waals surface area contributed by atoms with Crippen LogP contribution in [0.4, 0.5) is 11.4 Å². The Morgan fingerprint density at radius 3 is 2.55 bits per heavy atom. The molecule has 104 valence electrons. The molecule has 0 saturated heterocycles. The summed E-state index contributed by atoms with van der Waals surface area (Å²) in [5, 5.41) is 0. The molecule has 0 unspecified atom stereocenters. The monoisotopic (exact) mass is 270 g/mol. The number of pyridine rings is 1. The van der Waals surface area contributed by atoms with Crippen LogP contribution in [0.25, 0.3) is 0 Å². The second-order valence-corrected chi connectivity index (χ2v) is 4.73. The maximum atomic E-state index is 12.3. The molecule has 0 spiro atoms. The Labute approximate surface area is 118 Å². The lowest BCUT2D eigenvalue weighted by atomic mass is 10.1. The van der Waals surface area contributed by atoms with E-state index in [-0.39, 0.29) is 5.91 Å². The van der Waals surface area contributed by atoms with Gasteiger partial charge in [-0.05, 0) is 36.2 Å². The summed E-state index contributed by atoms with van der Waals surface area (Å²) >= 11 is 0. The molecule has 4 N–H and O–H groups in total. The van der Waals surface area contributed by atoms with Gasteiger partial charge in [-0.3, -0.25) is 9.78 Å². The minimum Gasteiger partial charge on any atom is -0.399 e. The third kappa shape index (κ3) is 3.47. The van der Waals surface area contributed by atoms with Crippen LogP contribution in [0, 0.1) is 0 Å². The third-order valence-corrected chi connectivity index (χ3v) is 3.03. The number of likely N-dealkylation sites (N-methyl/N-ethyl adjacent to an activating group) is 1. The van der Waals surface area contributed by atoms with Crippen LogP contribution in [0.5, 0.6) is 0 Å². The zero-order valence-electron chi connectivity index (χ0n) is 11.4. The van der Waals surface area contributed by atoms with Gasteiger partial charge in [0, 0.05) is 42.9 Å². The van der Waals surface area contributed by atoms with Gasteiger partial charge in [0.15, 0.2) is 0 Å². The first kappa shape index (κ1) is 13.9. The van der Waals surface area contributed by atoms with E-state index in [1.807, 2.05) is 12.1 Å². The molecule has 0 fully saturated rings. The van der Waals surface area contributed by atoms with Crippen molar-refractivity contribution in [3.63, 3.8) is 0 Å². The van der Waals surface area contributed by atoms with E-state index in [1.165, 1.54) is 0 Å². The number of nitrogens with zero attached hydrogens (tertiary/aromatic N) is 2. The van der Waals surface area contributed by atoms with Crippen molar-refractivity contribution in [1.29, 1.82) is 0 Å². The van der Waals surface area contributed by atoms with Gasteiger partial charge in [-0.2, -0.15) is 0 Å². The number of hydrogen-bond acceptors (Lipinski definition) is 4. The smallest absolute Gasteiger partial charge is 0.253 e. The van der Waals surface area contributed by atoms with E-state index in [0.29, 0.717) is 23.5 Å². The molecule has 0 saturated carbocycles. The van der Waals surface area contributed by atoms with Gasteiger partial charge < -0.3 is 16.4 Å². The molecule has 0 aliphatic carbocycles. The number of nitrogen functional groups attached to an aromatic ring is 2. The average molecular weight is 270 g/mol. The number of benzene rings is 1. The molecule has 0 bridgehead atoms. The zero-order valence-corrected chi connectivity index (χ0v) is 11.4. The lowest BCUT2D eigenvalue weighted by molar-refractivity contribution is 0.0796. The van der Waals surface area contributed by atoms with Crippen molar-refractivity contribution in [2.45, 2.75) is 6.42 Å². The number of carbonyl (C=O) groups excluding carboxylic acids is 1. The summed E-state index contributed by atoms with van der Waals surface area (Å²) in [7, 11) is 1.76. The Morgan fingerprint density at radius 1 is 1.25 bits per heavy atom. The summed E-state index contributed by atoms with van der Waals surface area (Å²) in [5.74, 6) is -0.0899. The molecule has 0 aliphatic rings. The largest absolute Gasteiger partial charge is 0.399 e. The van der Waals surface area contributed by atoms with Gasteiger partial charge in [0.05, 0.1) is 0 Å². The highest BCUT2D eigenvalue weighted by molar-refractivity contribution is 5.96. The van der Waals surface area contributed by atoms with Crippen molar-refractivity contribution in [2.24, 2.45) is 0 Å². The van der Waals surface area contributed by atoms with Crippen LogP contribution >= 0.6 is 0 Å². The van der Waals surface area contributed by atoms with Crippen LogP contribution < -0.4 is 11.5 Å². The highest BCUT2D eigenvalue weighted by atomic mass is 16.2. The van der Waals surface area contributed by atoms with Crippen LogP contribution in [-0.4, -0.2) is 29.4 Å². The first-order valence-electron chi connectivity index (χ1n) is 6.36. The Balaban J connectivity index is 2.01. The van der Waals surface area contributed by atoms with Gasteiger partial charge in [0.1, 0.15) is 0 Å². The molecule has 5 nitrogen and oxygen atoms in total. The van der Waals surface area contributed by atoms with Crippen LogP contribution in [0.2, 0.25) is 0 Å². The van der Waals surface area contributed by atoms with Gasteiger partial charge in [0.25, 0.3) is 5.91 Å². The number of carbonyl (C=O) groups is 1. The van der Waals surface area contributed by atoms with E-state index in [9.17, 15) is 4.79 Å². The average Bonchev–Trinajstić information content (AvgIpc) is 2.44. The Morgan fingerprint density at radius 2 is 1.95 bits per heavy atom. The molecule has 2 rings (SSSR count). The number of anilines is 2. The molecule has 1 heterocycles. The summed E-state index contributed by atoms with van der Waals surface area (Å²) in [6.45, 7) is 0.610. The molecular weight excluding hydrogens is 252 g/mol. The summed E-state index contributed by atoms with van der Waals surface area (Å²) in [6, 6.07) is 8.78. The Bertz CT molecular complexity index is 578. The van der Waals surface area contributed by atoms with Crippen LogP contribution in [0.1, 0.15) is 15.9 Å². The van der Waals surface area contributed by atoms with Crippen molar-refractivity contribution < 1.29 is 4.79 Å². The topological polar surface area (TPSA) is 85.2 Å². The van der Waals surface area contributed by atoms with Crippen molar-refractivity contribution in [3.8, 4) is 0 Å². The Hall–Kier alpha value is -2.56. The summed E-state index contributed by atoms with van der Waals surface area (Å²) < 4.78 is 0. The van der Waals surface area contributed by atoms with Crippen LogP contribution in [0.3, 0.4) is 0 Å². The predicted molar refractivity (Wildman–Crippen MR) is 80.2 cm³/mol. The first-order valence-corrected chi connectivity index (χ1v) is 6.36. The van der Waals surface area contributed by atoms with Gasteiger partial charge in [-0.25, -0.2) is 0 Å². The van der Waals surface area contributed by atoms with Gasteiger partial charge >= 0.3 is 0 Å². The number of amides is 1. The van der Waals surface area contributed by atoms with E-state index < -0.39 is 0 Å². The third-order valence-electron chi connectivity index (χ3n) is 3.03. The lowest BCUT2D eigenvalue weighted by Gasteiger charge is -2.17. The molecule has 0 radical (unpaired) electrons. The van der Waals surface area contributed by atoms with E-state index >= 15 is 0 Å². The standard InChI is InChI=1S/C15H18N4O/c1-19(6-4-11-3-2-5-18-10-11)15(20)12-7-13(16)9-14(17)8-12/h2-3,5,7-10H,4,6,16-17H2,1H3. The quantitative estimate of drug-likeness (QED) is 0.826. The number of aromatic nitrogens is 1. The molecule has 1 aromatic carbocycles. The number of rotatable bonds is 4. The van der Waals surface area contributed by atoms with Crippen LogP contribution in [0.15, 0.2) is 42.7 Å². The second kappa shape index (κ2) is 6.06. The summed E-state index contributed by atoms with van der Waals surface area (Å²) in [5.41, 5.74) is 14.0. The molecule has 2 aromatic rings. The SMILES string of the molecule is CN(CCc1cccnc1)C(=O)c1cc(N)cc(N)c1. The molecular formula is C15H18N4O. The van der Waals surface area contributed by atoms with Crippen molar-refractivity contribution in [3.05, 3.63) is 53.9 Å². The minimum atomic E-state index is -0.0899. The fourth-order valence-electron chi connectivity index (χ4n) is 1.96. The van der Waals surface area contributed by atoms with Gasteiger partial charge in [-0.1, -0.05) is 6.07 Å². The molecule has 5 heteroatoms. The highest BCUT2D eigenvalue weighted by Gasteiger charge is 2.12. The highest BCUT2D eigenvalue weighted by Crippen LogP contribution is 2.15. The maximum Gasteiger partial charge on any atom is 0.253 e. The number of hydrogen-bond donors (Lipinski definition) is 2. The van der Waals surface area contributed by atoms with E-state index in [1.54, 1.807) is 42.5 Å². The molecule has 1 amide bonds. The van der Waals surface area contributed by atoms with E-state index in [0.717, 1.165) is 12.0 Å². The molecule has 20 heavy (non-hydrogen) atoms. The zero-order chi connectivity index (χ0) is 14.5. The van der Waals surface area contributed by atoms with E-state index in [4.69, 9.17) is 11.5 Å². The maximum absolute atomic E-state index is 12.3.